The molecule has 1 aromatic heterocycles. The predicted octanol–water partition coefficient (Wildman–Crippen LogP) is 4.00. The van der Waals surface area contributed by atoms with Crippen LogP contribution in [0.4, 0.5) is 0 Å². The van der Waals surface area contributed by atoms with Crippen LogP contribution in [0.1, 0.15) is 75.5 Å². The monoisotopic (exact) mass is 425 g/mol. The maximum Gasteiger partial charge on any atom is 0.254 e. The summed E-state index contributed by atoms with van der Waals surface area (Å²) in [6.45, 7) is 4.27. The number of aromatic amines is 1. The van der Waals surface area contributed by atoms with Gasteiger partial charge in [0.1, 0.15) is 5.60 Å². The Kier molecular flexibility index (Phi) is 6.77. The first-order valence-electron chi connectivity index (χ1n) is 11.6. The Morgan fingerprint density at radius 2 is 1.90 bits per heavy atom. The molecule has 2 heterocycles. The fourth-order valence-corrected chi connectivity index (χ4v) is 5.21. The maximum absolute atomic E-state index is 13.0. The highest BCUT2D eigenvalue weighted by Gasteiger charge is 2.41. The molecule has 4 rings (SSSR count). The number of H-pyrrole nitrogens is 1. The number of aliphatic hydroxyl groups is 1. The molecule has 2 aliphatic rings. The Morgan fingerprint density at radius 1 is 1.16 bits per heavy atom. The van der Waals surface area contributed by atoms with Crippen LogP contribution in [0, 0.1) is 0 Å². The van der Waals surface area contributed by atoms with Gasteiger partial charge in [-0.2, -0.15) is 5.10 Å². The quantitative estimate of drug-likeness (QED) is 0.733. The molecular formula is C25H35N3O3. The summed E-state index contributed by atoms with van der Waals surface area (Å²) in [5.74, 6) is 0.502. The molecule has 2 aromatic rings. The summed E-state index contributed by atoms with van der Waals surface area (Å²) in [5.41, 5.74) is 1.00. The van der Waals surface area contributed by atoms with E-state index in [1.807, 2.05) is 17.2 Å². The van der Waals surface area contributed by atoms with Crippen LogP contribution in [0.15, 0.2) is 42.6 Å². The zero-order valence-electron chi connectivity index (χ0n) is 18.7. The highest BCUT2D eigenvalue weighted by atomic mass is 16.5. The number of hydrogen-bond donors (Lipinski definition) is 2. The summed E-state index contributed by atoms with van der Waals surface area (Å²) < 4.78 is 6.41. The van der Waals surface area contributed by atoms with E-state index in [2.05, 4.69) is 40.5 Å². The lowest BCUT2D eigenvalue weighted by atomic mass is 9.82. The van der Waals surface area contributed by atoms with Crippen LogP contribution >= 0.6 is 0 Å². The number of nitrogens with zero attached hydrogens (tertiary/aromatic N) is 2. The van der Waals surface area contributed by atoms with Crippen LogP contribution in [0.2, 0.25) is 0 Å². The number of amides is 1. The standard InChI is InChI=1S/C25H35N3O3/c1-25(2,30)24(29)28-16-6-9-21(22-14-15-26-27-22)23(28)17-31-20-12-10-19(11-13-20)18-7-4-3-5-8-18/h3-5,7-8,14-15,19-21,23,30H,6,9-13,16-17H2,1-2H3,(H,26,27)/t19-,20+,21-,23+/m1/s1. The van der Waals surface area contributed by atoms with Gasteiger partial charge in [-0.1, -0.05) is 30.3 Å². The molecular weight excluding hydrogens is 390 g/mol. The molecule has 1 amide bonds. The summed E-state index contributed by atoms with van der Waals surface area (Å²) in [7, 11) is 0. The minimum atomic E-state index is -1.39. The maximum atomic E-state index is 13.0. The molecule has 6 nitrogen and oxygen atoms in total. The van der Waals surface area contributed by atoms with Crippen molar-refractivity contribution in [1.29, 1.82) is 0 Å². The summed E-state index contributed by atoms with van der Waals surface area (Å²) in [6.07, 6.45) is 8.27. The lowest BCUT2D eigenvalue weighted by Gasteiger charge is -2.43. The lowest BCUT2D eigenvalue weighted by molar-refractivity contribution is -0.155. The molecule has 2 atom stereocenters. The van der Waals surface area contributed by atoms with Gasteiger partial charge in [0.25, 0.3) is 5.91 Å². The first-order valence-corrected chi connectivity index (χ1v) is 11.6. The number of piperidine rings is 1. The van der Waals surface area contributed by atoms with Crippen molar-refractivity contribution >= 4 is 5.91 Å². The summed E-state index contributed by atoms with van der Waals surface area (Å²) in [6, 6.07) is 12.6. The van der Waals surface area contributed by atoms with Gasteiger partial charge in [0, 0.05) is 18.7 Å². The topological polar surface area (TPSA) is 78.5 Å². The largest absolute Gasteiger partial charge is 0.381 e. The third kappa shape index (κ3) is 5.18. The van der Waals surface area contributed by atoms with E-state index in [-0.39, 0.29) is 24.0 Å². The molecule has 0 radical (unpaired) electrons. The number of aromatic nitrogens is 2. The Balaban J connectivity index is 1.41. The van der Waals surface area contributed by atoms with Gasteiger partial charge in [0.15, 0.2) is 0 Å². The van der Waals surface area contributed by atoms with Crippen molar-refractivity contribution < 1.29 is 14.6 Å². The van der Waals surface area contributed by atoms with E-state index in [1.165, 1.54) is 5.56 Å². The first kappa shape index (κ1) is 22.0. The number of likely N-dealkylation sites (tertiary alicyclic amines) is 1. The second-order valence-electron chi connectivity index (χ2n) is 9.59. The SMILES string of the molecule is CC(C)(O)C(=O)N1CCC[C@H](c2cc[nH]n2)[C@@H]1CO[C@H]1CC[C@@H](c2ccccc2)CC1. The predicted molar refractivity (Wildman–Crippen MR) is 120 cm³/mol. The number of benzene rings is 1. The van der Waals surface area contributed by atoms with Gasteiger partial charge in [-0.15, -0.1) is 0 Å². The second-order valence-corrected chi connectivity index (χ2v) is 9.59. The van der Waals surface area contributed by atoms with Gasteiger partial charge in [-0.25, -0.2) is 0 Å². The smallest absolute Gasteiger partial charge is 0.254 e. The van der Waals surface area contributed by atoms with Crippen LogP contribution in [0.5, 0.6) is 0 Å². The van der Waals surface area contributed by atoms with Gasteiger partial charge in [-0.3, -0.25) is 9.89 Å². The number of carbonyl (C=O) groups is 1. The van der Waals surface area contributed by atoms with Gasteiger partial charge in [-0.05, 0) is 69.9 Å². The van der Waals surface area contributed by atoms with E-state index in [1.54, 1.807) is 13.8 Å². The fraction of sp³-hybridized carbons (Fsp3) is 0.600. The zero-order chi connectivity index (χ0) is 21.8. The molecule has 168 valence electrons. The number of nitrogens with one attached hydrogen (secondary N) is 1. The average Bonchev–Trinajstić information content (AvgIpc) is 3.32. The number of ether oxygens (including phenoxy) is 1. The molecule has 2 N–H and O–H groups in total. The molecule has 0 bridgehead atoms. The van der Waals surface area contributed by atoms with Crippen molar-refractivity contribution in [2.75, 3.05) is 13.2 Å². The number of hydrogen-bond acceptors (Lipinski definition) is 4. The van der Waals surface area contributed by atoms with Crippen molar-refractivity contribution in [3.63, 3.8) is 0 Å². The van der Waals surface area contributed by atoms with E-state index in [4.69, 9.17) is 4.74 Å². The normalized spacial score (nSPS) is 27.3. The Bertz CT molecular complexity index is 823. The van der Waals surface area contributed by atoms with E-state index >= 15 is 0 Å². The van der Waals surface area contributed by atoms with E-state index in [0.29, 0.717) is 19.1 Å². The van der Waals surface area contributed by atoms with Crippen LogP contribution in [0.3, 0.4) is 0 Å². The lowest BCUT2D eigenvalue weighted by Crippen LogP contribution is -2.56. The molecule has 1 aliphatic carbocycles. The van der Waals surface area contributed by atoms with Crippen molar-refractivity contribution in [2.45, 2.75) is 82.0 Å². The molecule has 1 saturated heterocycles. The Morgan fingerprint density at radius 3 is 2.55 bits per heavy atom. The zero-order valence-corrected chi connectivity index (χ0v) is 18.7. The Hall–Kier alpha value is -2.18. The van der Waals surface area contributed by atoms with Crippen molar-refractivity contribution in [1.82, 2.24) is 15.1 Å². The molecule has 6 heteroatoms. The minimum Gasteiger partial charge on any atom is -0.381 e. The molecule has 1 saturated carbocycles. The fourth-order valence-electron chi connectivity index (χ4n) is 5.21. The first-order chi connectivity index (χ1) is 14.9. The molecule has 0 unspecified atom stereocenters. The van der Waals surface area contributed by atoms with Crippen LogP contribution in [-0.4, -0.2) is 57.0 Å². The Labute approximate surface area is 185 Å². The number of rotatable bonds is 6. The molecule has 31 heavy (non-hydrogen) atoms. The van der Waals surface area contributed by atoms with Crippen LogP contribution in [-0.2, 0) is 9.53 Å². The van der Waals surface area contributed by atoms with E-state index in [0.717, 1.165) is 44.2 Å². The summed E-state index contributed by atoms with van der Waals surface area (Å²) >= 11 is 0. The van der Waals surface area contributed by atoms with Crippen molar-refractivity contribution in [3.8, 4) is 0 Å². The van der Waals surface area contributed by atoms with E-state index in [9.17, 15) is 9.90 Å². The van der Waals surface area contributed by atoms with Gasteiger partial charge >= 0.3 is 0 Å². The van der Waals surface area contributed by atoms with E-state index < -0.39 is 5.60 Å². The van der Waals surface area contributed by atoms with Crippen LogP contribution < -0.4 is 0 Å². The van der Waals surface area contributed by atoms with Crippen molar-refractivity contribution in [2.24, 2.45) is 0 Å². The molecule has 2 fully saturated rings. The minimum absolute atomic E-state index is 0.108. The highest BCUT2D eigenvalue weighted by Crippen LogP contribution is 2.36. The second kappa shape index (κ2) is 9.53. The van der Waals surface area contributed by atoms with Gasteiger partial charge in [0.2, 0.25) is 0 Å². The summed E-state index contributed by atoms with van der Waals surface area (Å²) in [4.78, 5) is 14.8. The van der Waals surface area contributed by atoms with Crippen LogP contribution in [0.25, 0.3) is 0 Å². The molecule has 1 aromatic carbocycles. The third-order valence-corrected chi connectivity index (χ3v) is 6.91. The highest BCUT2D eigenvalue weighted by molar-refractivity contribution is 5.84. The van der Waals surface area contributed by atoms with Gasteiger partial charge in [0.05, 0.1) is 24.4 Å². The molecule has 1 aliphatic heterocycles. The van der Waals surface area contributed by atoms with Crippen molar-refractivity contribution in [3.05, 3.63) is 53.9 Å². The third-order valence-electron chi connectivity index (χ3n) is 6.91. The molecule has 0 spiro atoms. The number of carbonyl (C=O) groups excluding carboxylic acids is 1. The van der Waals surface area contributed by atoms with Gasteiger partial charge < -0.3 is 14.7 Å². The summed E-state index contributed by atoms with van der Waals surface area (Å²) in [5, 5.41) is 17.7. The average molecular weight is 426 g/mol.